The van der Waals surface area contributed by atoms with E-state index in [1.807, 2.05) is 18.2 Å². The molecule has 0 N–H and O–H groups in total. The Morgan fingerprint density at radius 2 is 2.27 bits per heavy atom. The number of ether oxygens (including phenoxy) is 1. The summed E-state index contributed by atoms with van der Waals surface area (Å²) in [6.45, 7) is 0.733. The standard InChI is InChI=1S/C5H6O.C3H3NO/c1-2-4-6-5-3-1;1-2-5-3-4-1/h1-4H,5H2;1-3H. The largest absolute Gasteiger partial charge is 0.497 e. The Labute approximate surface area is 65.0 Å². The van der Waals surface area contributed by atoms with Gasteiger partial charge in [0.05, 0.1) is 12.5 Å². The summed E-state index contributed by atoms with van der Waals surface area (Å²) < 4.78 is 9.27. The maximum Gasteiger partial charge on any atom is 0.180 e. The van der Waals surface area contributed by atoms with Crippen LogP contribution in [0.5, 0.6) is 0 Å². The lowest BCUT2D eigenvalue weighted by Crippen LogP contribution is -1.82. The van der Waals surface area contributed by atoms with Crippen LogP contribution in [-0.4, -0.2) is 11.6 Å². The van der Waals surface area contributed by atoms with Crippen LogP contribution in [0.2, 0.25) is 0 Å². The normalized spacial score (nSPS) is 13.1. The summed E-state index contributed by atoms with van der Waals surface area (Å²) in [4.78, 5) is 3.56. The fourth-order valence-corrected chi connectivity index (χ4v) is 0.522. The second-order valence-electron chi connectivity index (χ2n) is 1.77. The van der Waals surface area contributed by atoms with Crippen molar-refractivity contribution >= 4 is 0 Å². The van der Waals surface area contributed by atoms with Crippen molar-refractivity contribution in [1.29, 1.82) is 0 Å². The smallest absolute Gasteiger partial charge is 0.180 e. The van der Waals surface area contributed by atoms with Crippen LogP contribution in [-0.2, 0) is 4.74 Å². The van der Waals surface area contributed by atoms with E-state index in [2.05, 4.69) is 9.40 Å². The molecule has 1 aromatic rings. The van der Waals surface area contributed by atoms with E-state index in [1.165, 1.54) is 12.7 Å². The Balaban J connectivity index is 0.000000112. The minimum absolute atomic E-state index is 0.733. The summed E-state index contributed by atoms with van der Waals surface area (Å²) in [5.74, 6) is 0. The molecule has 0 atom stereocenters. The van der Waals surface area contributed by atoms with E-state index in [0.717, 1.165) is 6.61 Å². The highest BCUT2D eigenvalue weighted by molar-refractivity contribution is 5.02. The fraction of sp³-hybridized carbons (Fsp3) is 0.125. The Kier molecular flexibility index (Phi) is 3.65. The molecule has 0 bridgehead atoms. The van der Waals surface area contributed by atoms with Gasteiger partial charge in [-0.2, -0.15) is 0 Å². The van der Waals surface area contributed by atoms with Gasteiger partial charge in [-0.25, -0.2) is 4.98 Å². The van der Waals surface area contributed by atoms with Crippen molar-refractivity contribution in [3.8, 4) is 0 Å². The third-order valence-electron chi connectivity index (χ3n) is 0.962. The van der Waals surface area contributed by atoms with Gasteiger partial charge < -0.3 is 9.15 Å². The lowest BCUT2D eigenvalue weighted by Gasteiger charge is -1.94. The summed E-state index contributed by atoms with van der Waals surface area (Å²) >= 11 is 0. The van der Waals surface area contributed by atoms with Gasteiger partial charge in [0.2, 0.25) is 0 Å². The summed E-state index contributed by atoms with van der Waals surface area (Å²) in [6, 6.07) is 0. The number of hydrogen-bond donors (Lipinski definition) is 0. The first-order chi connectivity index (χ1) is 5.50. The van der Waals surface area contributed by atoms with Crippen molar-refractivity contribution in [2.45, 2.75) is 0 Å². The molecule has 0 unspecified atom stereocenters. The number of oxazole rings is 1. The third-order valence-corrected chi connectivity index (χ3v) is 0.962. The Morgan fingerprint density at radius 3 is 2.45 bits per heavy atom. The van der Waals surface area contributed by atoms with Gasteiger partial charge in [-0.05, 0) is 12.2 Å². The first kappa shape index (κ1) is 7.60. The third kappa shape index (κ3) is 3.97. The molecule has 3 nitrogen and oxygen atoms in total. The van der Waals surface area contributed by atoms with Crippen LogP contribution in [0.15, 0.2) is 47.8 Å². The van der Waals surface area contributed by atoms with Gasteiger partial charge in [-0.15, -0.1) is 0 Å². The molecule has 11 heavy (non-hydrogen) atoms. The van der Waals surface area contributed by atoms with Crippen LogP contribution in [0, 0.1) is 0 Å². The maximum absolute atomic E-state index is 4.80. The van der Waals surface area contributed by atoms with Crippen molar-refractivity contribution in [3.63, 3.8) is 0 Å². The quantitative estimate of drug-likeness (QED) is 0.566. The molecular weight excluding hydrogens is 142 g/mol. The molecule has 1 aliphatic rings. The van der Waals surface area contributed by atoms with E-state index in [-0.39, 0.29) is 0 Å². The van der Waals surface area contributed by atoms with E-state index in [9.17, 15) is 0 Å². The summed E-state index contributed by atoms with van der Waals surface area (Å²) in [6.07, 6.45) is 11.9. The second-order valence-corrected chi connectivity index (χ2v) is 1.77. The SMILES string of the molecule is C1=CCOC=C1.c1cocn1. The number of nitrogens with zero attached hydrogens (tertiary/aromatic N) is 1. The zero-order valence-electron chi connectivity index (χ0n) is 6.01. The molecule has 0 radical (unpaired) electrons. The number of rotatable bonds is 0. The van der Waals surface area contributed by atoms with Crippen LogP contribution >= 0.6 is 0 Å². The minimum Gasteiger partial charge on any atom is -0.497 e. The maximum atomic E-state index is 4.80. The summed E-state index contributed by atoms with van der Waals surface area (Å²) in [7, 11) is 0. The molecule has 3 heteroatoms. The molecule has 0 aliphatic carbocycles. The molecule has 0 saturated heterocycles. The van der Waals surface area contributed by atoms with Gasteiger partial charge >= 0.3 is 0 Å². The summed E-state index contributed by atoms with van der Waals surface area (Å²) in [5, 5.41) is 0. The molecule has 0 amide bonds. The zero-order valence-corrected chi connectivity index (χ0v) is 6.01. The van der Waals surface area contributed by atoms with Gasteiger partial charge in [-0.3, -0.25) is 0 Å². The first-order valence-corrected chi connectivity index (χ1v) is 3.25. The van der Waals surface area contributed by atoms with Gasteiger partial charge in [0.1, 0.15) is 12.9 Å². The fourth-order valence-electron chi connectivity index (χ4n) is 0.522. The van der Waals surface area contributed by atoms with Crippen molar-refractivity contribution in [2.75, 3.05) is 6.61 Å². The number of aromatic nitrogens is 1. The van der Waals surface area contributed by atoms with Crippen molar-refractivity contribution in [3.05, 3.63) is 43.3 Å². The number of allylic oxidation sites excluding steroid dienone is 2. The average Bonchev–Trinajstić information content (AvgIpc) is 2.64. The molecule has 2 rings (SSSR count). The van der Waals surface area contributed by atoms with Crippen molar-refractivity contribution in [2.24, 2.45) is 0 Å². The molecule has 58 valence electrons. The monoisotopic (exact) mass is 151 g/mol. The van der Waals surface area contributed by atoms with Crippen LogP contribution in [0.25, 0.3) is 0 Å². The first-order valence-electron chi connectivity index (χ1n) is 3.25. The van der Waals surface area contributed by atoms with Crippen molar-refractivity contribution < 1.29 is 9.15 Å². The Hall–Kier alpha value is -1.51. The lowest BCUT2D eigenvalue weighted by molar-refractivity contribution is 0.286. The molecule has 0 aromatic carbocycles. The van der Waals surface area contributed by atoms with E-state index < -0.39 is 0 Å². The Bertz CT molecular complexity index is 185. The van der Waals surface area contributed by atoms with E-state index in [4.69, 9.17) is 4.74 Å². The topological polar surface area (TPSA) is 35.3 Å². The number of hydrogen-bond acceptors (Lipinski definition) is 3. The highest BCUT2D eigenvalue weighted by atomic mass is 16.5. The highest BCUT2D eigenvalue weighted by Gasteiger charge is 1.75. The van der Waals surface area contributed by atoms with E-state index in [0.29, 0.717) is 0 Å². The highest BCUT2D eigenvalue weighted by Crippen LogP contribution is 1.87. The van der Waals surface area contributed by atoms with E-state index in [1.54, 1.807) is 12.5 Å². The predicted octanol–water partition coefficient (Wildman–Crippen LogP) is 1.76. The summed E-state index contributed by atoms with van der Waals surface area (Å²) in [5.41, 5.74) is 0. The predicted molar refractivity (Wildman–Crippen MR) is 40.7 cm³/mol. The molecule has 1 aliphatic heterocycles. The zero-order chi connectivity index (χ0) is 7.78. The van der Waals surface area contributed by atoms with Crippen LogP contribution in [0.1, 0.15) is 0 Å². The molecule has 0 spiro atoms. The van der Waals surface area contributed by atoms with Gasteiger partial charge in [-0.1, -0.05) is 6.08 Å². The van der Waals surface area contributed by atoms with Crippen molar-refractivity contribution in [1.82, 2.24) is 4.98 Å². The second kappa shape index (κ2) is 5.29. The minimum atomic E-state index is 0.733. The average molecular weight is 151 g/mol. The van der Waals surface area contributed by atoms with E-state index >= 15 is 0 Å². The molecular formula is C8H9NO2. The van der Waals surface area contributed by atoms with Gasteiger partial charge in [0.25, 0.3) is 0 Å². The van der Waals surface area contributed by atoms with Gasteiger partial charge in [0, 0.05) is 0 Å². The van der Waals surface area contributed by atoms with Crippen LogP contribution in [0.3, 0.4) is 0 Å². The molecule has 0 fully saturated rings. The van der Waals surface area contributed by atoms with Crippen LogP contribution in [0.4, 0.5) is 0 Å². The van der Waals surface area contributed by atoms with Gasteiger partial charge in [0.15, 0.2) is 6.39 Å². The molecule has 2 heterocycles. The molecule has 1 aromatic heterocycles. The lowest BCUT2D eigenvalue weighted by atomic mass is 10.5. The molecule has 0 saturated carbocycles. The van der Waals surface area contributed by atoms with Crippen LogP contribution < -0.4 is 0 Å². The Morgan fingerprint density at radius 1 is 1.27 bits per heavy atom.